The van der Waals surface area contributed by atoms with Crippen LogP contribution in [0.3, 0.4) is 0 Å². The van der Waals surface area contributed by atoms with Crippen LogP contribution < -0.4 is 4.74 Å². The second kappa shape index (κ2) is 5.35. The lowest BCUT2D eigenvalue weighted by Gasteiger charge is -2.13. The zero-order valence-corrected chi connectivity index (χ0v) is 11.3. The van der Waals surface area contributed by atoms with E-state index in [2.05, 4.69) is 0 Å². The lowest BCUT2D eigenvalue weighted by Crippen LogP contribution is -2.12. The highest BCUT2D eigenvalue weighted by Crippen LogP contribution is 2.31. The predicted molar refractivity (Wildman–Crippen MR) is 72.8 cm³/mol. The molecule has 18 heavy (non-hydrogen) atoms. The van der Waals surface area contributed by atoms with Gasteiger partial charge in [0.05, 0.1) is 0 Å². The molecular formula is C13H8Cl3FO. The summed E-state index contributed by atoms with van der Waals surface area (Å²) in [5.41, 5.74) is 1.82. The van der Waals surface area contributed by atoms with E-state index in [-0.39, 0.29) is 5.82 Å². The molecule has 0 saturated carbocycles. The number of rotatable bonds is 2. The molecule has 0 aliphatic rings. The van der Waals surface area contributed by atoms with Gasteiger partial charge in [0.2, 0.25) is 0 Å². The van der Waals surface area contributed by atoms with Crippen molar-refractivity contribution in [3.8, 4) is 16.9 Å². The first-order valence-corrected chi connectivity index (χ1v) is 6.19. The third-order valence-corrected chi connectivity index (χ3v) is 2.50. The zero-order valence-electron chi connectivity index (χ0n) is 9.04. The average Bonchev–Trinajstić information content (AvgIpc) is 2.29. The highest BCUT2D eigenvalue weighted by molar-refractivity contribution is 6.66. The van der Waals surface area contributed by atoms with Crippen molar-refractivity contribution >= 4 is 34.8 Å². The fourth-order valence-electron chi connectivity index (χ4n) is 1.49. The molecule has 0 radical (unpaired) electrons. The molecule has 0 unspecified atom stereocenters. The maximum atomic E-state index is 12.8. The van der Waals surface area contributed by atoms with Crippen molar-refractivity contribution in [2.75, 3.05) is 0 Å². The molecule has 2 aromatic carbocycles. The number of hydrogen-bond acceptors (Lipinski definition) is 1. The Morgan fingerprint density at radius 1 is 0.778 bits per heavy atom. The Morgan fingerprint density at radius 3 is 1.67 bits per heavy atom. The Labute approximate surface area is 119 Å². The molecule has 0 aromatic heterocycles. The van der Waals surface area contributed by atoms with Gasteiger partial charge in [-0.3, -0.25) is 0 Å². The number of halogens is 4. The lowest BCUT2D eigenvalue weighted by molar-refractivity contribution is 0.320. The minimum absolute atomic E-state index is 0.269. The first-order chi connectivity index (χ1) is 8.44. The lowest BCUT2D eigenvalue weighted by atomic mass is 10.1. The quantitative estimate of drug-likeness (QED) is 0.693. The highest BCUT2D eigenvalue weighted by atomic mass is 35.6. The summed E-state index contributed by atoms with van der Waals surface area (Å²) >= 11 is 16.5. The van der Waals surface area contributed by atoms with Crippen LogP contribution in [0, 0.1) is 5.82 Å². The summed E-state index contributed by atoms with van der Waals surface area (Å²) in [6.45, 7) is 0. The van der Waals surface area contributed by atoms with Gasteiger partial charge in [-0.15, -0.1) is 0 Å². The SMILES string of the molecule is Fc1ccc(-c2ccc(OC(Cl)(Cl)Cl)cc2)cc1. The molecule has 0 amide bonds. The Hall–Kier alpha value is -0.960. The van der Waals surface area contributed by atoms with E-state index in [9.17, 15) is 4.39 Å². The van der Waals surface area contributed by atoms with Gasteiger partial charge in [-0.25, -0.2) is 4.39 Å². The Balaban J connectivity index is 2.20. The third-order valence-electron chi connectivity index (χ3n) is 2.27. The largest absolute Gasteiger partial charge is 0.446 e. The van der Waals surface area contributed by atoms with Gasteiger partial charge in [-0.05, 0) is 70.2 Å². The summed E-state index contributed by atoms with van der Waals surface area (Å²) in [4.78, 5) is 0. The molecule has 0 saturated heterocycles. The predicted octanol–water partition coefficient (Wildman–Crippen LogP) is 5.20. The van der Waals surface area contributed by atoms with E-state index < -0.39 is 3.98 Å². The van der Waals surface area contributed by atoms with E-state index in [4.69, 9.17) is 39.5 Å². The number of hydrogen-bond donors (Lipinski definition) is 0. The van der Waals surface area contributed by atoms with Gasteiger partial charge >= 0.3 is 3.98 Å². The van der Waals surface area contributed by atoms with Gasteiger partial charge in [0.15, 0.2) is 0 Å². The first kappa shape index (κ1) is 13.5. The Kier molecular flexibility index (Phi) is 4.00. The van der Waals surface area contributed by atoms with Crippen molar-refractivity contribution in [2.45, 2.75) is 3.98 Å². The highest BCUT2D eigenvalue weighted by Gasteiger charge is 2.21. The summed E-state index contributed by atoms with van der Waals surface area (Å²) in [5, 5.41) is 0. The van der Waals surface area contributed by atoms with Crippen molar-refractivity contribution in [1.82, 2.24) is 0 Å². The standard InChI is InChI=1S/C13H8Cl3FO/c14-13(15,16)18-12-7-3-10(4-8-12)9-1-5-11(17)6-2-9/h1-8H. The van der Waals surface area contributed by atoms with Gasteiger partial charge < -0.3 is 4.74 Å². The van der Waals surface area contributed by atoms with Gasteiger partial charge in [-0.1, -0.05) is 24.3 Å². The van der Waals surface area contributed by atoms with E-state index in [0.717, 1.165) is 11.1 Å². The van der Waals surface area contributed by atoms with E-state index >= 15 is 0 Å². The molecule has 0 fully saturated rings. The fourth-order valence-corrected chi connectivity index (χ4v) is 1.76. The van der Waals surface area contributed by atoms with Crippen molar-refractivity contribution in [1.29, 1.82) is 0 Å². The molecule has 2 rings (SSSR count). The van der Waals surface area contributed by atoms with Gasteiger partial charge in [-0.2, -0.15) is 0 Å². The second-order valence-corrected chi connectivity index (χ2v) is 5.76. The van der Waals surface area contributed by atoms with Crippen LogP contribution >= 0.6 is 34.8 Å². The fraction of sp³-hybridized carbons (Fsp3) is 0.0769. The molecule has 0 aliphatic heterocycles. The average molecular weight is 306 g/mol. The topological polar surface area (TPSA) is 9.23 Å². The Bertz CT molecular complexity index is 517. The van der Waals surface area contributed by atoms with Crippen molar-refractivity contribution < 1.29 is 9.13 Å². The molecular weight excluding hydrogens is 297 g/mol. The van der Waals surface area contributed by atoms with E-state index in [1.807, 2.05) is 0 Å². The van der Waals surface area contributed by atoms with E-state index in [0.29, 0.717) is 5.75 Å². The first-order valence-electron chi connectivity index (χ1n) is 5.06. The normalized spacial score (nSPS) is 11.3. The zero-order chi connectivity index (χ0) is 13.2. The molecule has 5 heteroatoms. The van der Waals surface area contributed by atoms with Crippen LogP contribution in [0.15, 0.2) is 48.5 Å². The van der Waals surface area contributed by atoms with Gasteiger partial charge in [0, 0.05) is 0 Å². The van der Waals surface area contributed by atoms with Crippen LogP contribution in [0.25, 0.3) is 11.1 Å². The van der Waals surface area contributed by atoms with Crippen LogP contribution in [-0.4, -0.2) is 3.98 Å². The molecule has 0 heterocycles. The van der Waals surface area contributed by atoms with Crippen LogP contribution in [0.4, 0.5) is 4.39 Å². The molecule has 0 aliphatic carbocycles. The number of benzene rings is 2. The maximum absolute atomic E-state index is 12.8. The summed E-state index contributed by atoms with van der Waals surface area (Å²) in [5.74, 6) is 0.177. The van der Waals surface area contributed by atoms with Crippen molar-refractivity contribution in [3.63, 3.8) is 0 Å². The molecule has 1 nitrogen and oxygen atoms in total. The number of alkyl halides is 3. The van der Waals surface area contributed by atoms with Crippen molar-refractivity contribution in [2.24, 2.45) is 0 Å². The van der Waals surface area contributed by atoms with Gasteiger partial charge in [0.1, 0.15) is 11.6 Å². The minimum atomic E-state index is -1.78. The smallest absolute Gasteiger partial charge is 0.338 e. The summed E-state index contributed by atoms with van der Waals surface area (Å²) in [7, 11) is 0. The van der Waals surface area contributed by atoms with Crippen LogP contribution in [0.2, 0.25) is 0 Å². The summed E-state index contributed by atoms with van der Waals surface area (Å²) in [6.07, 6.45) is 0. The molecule has 0 atom stereocenters. The molecule has 0 bridgehead atoms. The molecule has 94 valence electrons. The molecule has 0 N–H and O–H groups in total. The van der Waals surface area contributed by atoms with Crippen LogP contribution in [-0.2, 0) is 0 Å². The second-order valence-electron chi connectivity index (χ2n) is 3.58. The monoisotopic (exact) mass is 304 g/mol. The molecule has 0 spiro atoms. The maximum Gasteiger partial charge on any atom is 0.338 e. The molecule has 2 aromatic rings. The minimum Gasteiger partial charge on any atom is -0.446 e. The number of ether oxygens (including phenoxy) is 1. The van der Waals surface area contributed by atoms with Crippen LogP contribution in [0.1, 0.15) is 0 Å². The summed E-state index contributed by atoms with van der Waals surface area (Å²) < 4.78 is 16.1. The third kappa shape index (κ3) is 3.77. The van der Waals surface area contributed by atoms with E-state index in [1.165, 1.54) is 12.1 Å². The summed E-state index contributed by atoms with van der Waals surface area (Å²) in [6, 6.07) is 13.2. The van der Waals surface area contributed by atoms with Crippen molar-refractivity contribution in [3.05, 3.63) is 54.3 Å². The van der Waals surface area contributed by atoms with Crippen LogP contribution in [0.5, 0.6) is 5.75 Å². The van der Waals surface area contributed by atoms with Gasteiger partial charge in [0.25, 0.3) is 0 Å². The Morgan fingerprint density at radius 2 is 1.22 bits per heavy atom. The van der Waals surface area contributed by atoms with E-state index in [1.54, 1.807) is 36.4 Å².